The highest BCUT2D eigenvalue weighted by Gasteiger charge is 2.13. The molecule has 0 bridgehead atoms. The number of halogens is 1. The van der Waals surface area contributed by atoms with Crippen LogP contribution in [0.5, 0.6) is 5.75 Å². The molecule has 25 heavy (non-hydrogen) atoms. The maximum absolute atomic E-state index is 12.3. The molecule has 0 saturated heterocycles. The van der Waals surface area contributed by atoms with Crippen LogP contribution in [0, 0.1) is 6.92 Å². The number of nitrogens with one attached hydrogen (secondary N) is 1. The van der Waals surface area contributed by atoms with Gasteiger partial charge in [0, 0.05) is 15.5 Å². The second kappa shape index (κ2) is 7.68. The Morgan fingerprint density at radius 2 is 1.92 bits per heavy atom. The Labute approximate surface area is 155 Å². The summed E-state index contributed by atoms with van der Waals surface area (Å²) in [5.41, 5.74) is 2.65. The average Bonchev–Trinajstić information content (AvgIpc) is 2.97. The molecule has 128 valence electrons. The molecule has 0 aliphatic carbocycles. The van der Waals surface area contributed by atoms with E-state index in [9.17, 15) is 4.79 Å². The summed E-state index contributed by atoms with van der Waals surface area (Å²) in [7, 11) is 1.63. The van der Waals surface area contributed by atoms with Crippen LogP contribution in [0.25, 0.3) is 11.3 Å². The highest BCUT2D eigenvalue weighted by atomic mass is 35.5. The summed E-state index contributed by atoms with van der Waals surface area (Å²) in [5.74, 6) is 0.660. The van der Waals surface area contributed by atoms with Gasteiger partial charge in [-0.15, -0.1) is 11.3 Å². The predicted molar refractivity (Wildman–Crippen MR) is 103 cm³/mol. The Morgan fingerprint density at radius 1 is 1.20 bits per heavy atom. The van der Waals surface area contributed by atoms with Crippen molar-refractivity contribution in [2.75, 3.05) is 12.4 Å². The predicted octanol–water partition coefficient (Wildman–Crippen LogP) is 4.96. The molecule has 1 N–H and O–H groups in total. The third kappa shape index (κ3) is 4.18. The van der Waals surface area contributed by atoms with Crippen LogP contribution in [-0.4, -0.2) is 18.0 Å². The van der Waals surface area contributed by atoms with E-state index in [1.54, 1.807) is 13.2 Å². The maximum Gasteiger partial charge on any atom is 0.230 e. The number of aromatic nitrogens is 1. The Kier molecular flexibility index (Phi) is 5.36. The number of thiazole rings is 1. The lowest BCUT2D eigenvalue weighted by Crippen LogP contribution is -2.14. The molecule has 0 atom stereocenters. The van der Waals surface area contributed by atoms with Gasteiger partial charge in [-0.3, -0.25) is 4.79 Å². The number of methoxy groups -OCH3 is 1. The molecule has 0 spiro atoms. The fourth-order valence-electron chi connectivity index (χ4n) is 2.44. The van der Waals surface area contributed by atoms with Gasteiger partial charge in [0.15, 0.2) is 5.13 Å². The van der Waals surface area contributed by atoms with Crippen LogP contribution in [0.15, 0.2) is 48.5 Å². The number of anilines is 1. The second-order valence-corrected chi connectivity index (χ2v) is 7.08. The number of hydrogen-bond donors (Lipinski definition) is 1. The lowest BCUT2D eigenvalue weighted by molar-refractivity contribution is -0.115. The standard InChI is InChI=1S/C19H17ClN2O2S/c1-12-18(13-7-9-15(24-2)10-8-13)22-19(25-12)21-17(23)11-14-5-3-4-6-16(14)20/h3-10H,11H2,1-2H3,(H,21,22,23). The number of rotatable bonds is 5. The smallest absolute Gasteiger partial charge is 0.230 e. The fourth-order valence-corrected chi connectivity index (χ4v) is 3.50. The van der Waals surface area contributed by atoms with Crippen molar-refractivity contribution in [3.63, 3.8) is 0 Å². The average molecular weight is 373 g/mol. The maximum atomic E-state index is 12.3. The normalized spacial score (nSPS) is 10.5. The number of ether oxygens (including phenoxy) is 1. The van der Waals surface area contributed by atoms with Crippen molar-refractivity contribution in [1.82, 2.24) is 4.98 Å². The van der Waals surface area contributed by atoms with Crippen molar-refractivity contribution >= 4 is 34.0 Å². The SMILES string of the molecule is COc1ccc(-c2nc(NC(=O)Cc3ccccc3Cl)sc2C)cc1. The van der Waals surface area contributed by atoms with E-state index in [4.69, 9.17) is 16.3 Å². The zero-order valence-electron chi connectivity index (χ0n) is 13.9. The van der Waals surface area contributed by atoms with Gasteiger partial charge in [-0.2, -0.15) is 0 Å². The fraction of sp³-hybridized carbons (Fsp3) is 0.158. The summed E-state index contributed by atoms with van der Waals surface area (Å²) in [4.78, 5) is 17.8. The molecule has 0 aliphatic heterocycles. The van der Waals surface area contributed by atoms with Crippen molar-refractivity contribution in [1.29, 1.82) is 0 Å². The molecular weight excluding hydrogens is 356 g/mol. The van der Waals surface area contributed by atoms with Crippen LogP contribution in [0.4, 0.5) is 5.13 Å². The highest BCUT2D eigenvalue weighted by Crippen LogP contribution is 2.31. The summed E-state index contributed by atoms with van der Waals surface area (Å²) in [6.45, 7) is 1.99. The zero-order valence-corrected chi connectivity index (χ0v) is 15.4. The van der Waals surface area contributed by atoms with Crippen molar-refractivity contribution in [2.45, 2.75) is 13.3 Å². The highest BCUT2D eigenvalue weighted by molar-refractivity contribution is 7.16. The van der Waals surface area contributed by atoms with Gasteiger partial charge in [0.2, 0.25) is 5.91 Å². The first kappa shape index (κ1) is 17.5. The summed E-state index contributed by atoms with van der Waals surface area (Å²) in [6, 6.07) is 15.0. The van der Waals surface area contributed by atoms with Gasteiger partial charge in [0.1, 0.15) is 5.75 Å². The molecule has 2 aromatic carbocycles. The molecule has 6 heteroatoms. The quantitative estimate of drug-likeness (QED) is 0.688. The van der Waals surface area contributed by atoms with Gasteiger partial charge in [0.05, 0.1) is 19.2 Å². The second-order valence-electron chi connectivity index (χ2n) is 5.47. The van der Waals surface area contributed by atoms with Crippen molar-refractivity contribution in [2.24, 2.45) is 0 Å². The molecule has 0 aliphatic rings. The monoisotopic (exact) mass is 372 g/mol. The van der Waals surface area contributed by atoms with E-state index in [1.165, 1.54) is 11.3 Å². The zero-order chi connectivity index (χ0) is 17.8. The summed E-state index contributed by atoms with van der Waals surface area (Å²) >= 11 is 7.56. The van der Waals surface area contributed by atoms with Crippen LogP contribution in [-0.2, 0) is 11.2 Å². The molecule has 3 aromatic rings. The van der Waals surface area contributed by atoms with Crippen molar-refractivity contribution in [3.05, 3.63) is 64.0 Å². The van der Waals surface area contributed by atoms with Crippen LogP contribution in [0.3, 0.4) is 0 Å². The van der Waals surface area contributed by atoms with Crippen molar-refractivity contribution in [3.8, 4) is 17.0 Å². The van der Waals surface area contributed by atoms with Gasteiger partial charge in [0.25, 0.3) is 0 Å². The molecule has 3 rings (SSSR count). The Bertz CT molecular complexity index is 891. The van der Waals surface area contributed by atoms with Crippen LogP contribution in [0.1, 0.15) is 10.4 Å². The van der Waals surface area contributed by atoms with E-state index in [0.717, 1.165) is 27.4 Å². The Balaban J connectivity index is 1.73. The minimum atomic E-state index is -0.136. The van der Waals surface area contributed by atoms with Crippen molar-refractivity contribution < 1.29 is 9.53 Å². The summed E-state index contributed by atoms with van der Waals surface area (Å²) in [6.07, 6.45) is 0.218. The number of carbonyl (C=O) groups is 1. The third-order valence-corrected chi connectivity index (χ3v) is 4.97. The topological polar surface area (TPSA) is 51.2 Å². The van der Waals surface area contributed by atoms with E-state index in [0.29, 0.717) is 10.2 Å². The van der Waals surface area contributed by atoms with E-state index in [2.05, 4.69) is 10.3 Å². The first-order valence-electron chi connectivity index (χ1n) is 7.72. The lowest BCUT2D eigenvalue weighted by Gasteiger charge is -2.04. The van der Waals surface area contributed by atoms with Crippen LogP contribution in [0.2, 0.25) is 5.02 Å². The molecule has 0 unspecified atom stereocenters. The van der Waals surface area contributed by atoms with Crippen LogP contribution >= 0.6 is 22.9 Å². The molecular formula is C19H17ClN2O2S. The third-order valence-electron chi connectivity index (χ3n) is 3.72. The van der Waals surface area contributed by atoms with Gasteiger partial charge >= 0.3 is 0 Å². The molecule has 4 nitrogen and oxygen atoms in total. The van der Waals surface area contributed by atoms with E-state index < -0.39 is 0 Å². The lowest BCUT2D eigenvalue weighted by atomic mass is 10.1. The Morgan fingerprint density at radius 3 is 2.60 bits per heavy atom. The molecule has 0 saturated carbocycles. The number of aryl methyl sites for hydroxylation is 1. The van der Waals surface area contributed by atoms with E-state index in [1.807, 2.05) is 49.4 Å². The summed E-state index contributed by atoms with van der Waals surface area (Å²) in [5, 5.41) is 4.03. The van der Waals surface area contributed by atoms with Gasteiger partial charge < -0.3 is 10.1 Å². The number of nitrogens with zero attached hydrogens (tertiary/aromatic N) is 1. The number of amides is 1. The minimum absolute atomic E-state index is 0.136. The molecule has 1 aromatic heterocycles. The minimum Gasteiger partial charge on any atom is -0.497 e. The van der Waals surface area contributed by atoms with E-state index >= 15 is 0 Å². The summed E-state index contributed by atoms with van der Waals surface area (Å²) < 4.78 is 5.17. The number of hydrogen-bond acceptors (Lipinski definition) is 4. The molecule has 0 radical (unpaired) electrons. The van der Waals surface area contributed by atoms with Gasteiger partial charge in [-0.1, -0.05) is 29.8 Å². The molecule has 1 amide bonds. The number of carbonyl (C=O) groups excluding carboxylic acids is 1. The van der Waals surface area contributed by atoms with Crippen LogP contribution < -0.4 is 10.1 Å². The van der Waals surface area contributed by atoms with E-state index in [-0.39, 0.29) is 12.3 Å². The Hall–Kier alpha value is -2.37. The van der Waals surface area contributed by atoms with Gasteiger partial charge in [-0.05, 0) is 42.8 Å². The largest absolute Gasteiger partial charge is 0.497 e. The molecule has 0 fully saturated rings. The first-order chi connectivity index (χ1) is 12.1. The number of benzene rings is 2. The molecule has 1 heterocycles. The first-order valence-corrected chi connectivity index (χ1v) is 8.91. The van der Waals surface area contributed by atoms with Gasteiger partial charge in [-0.25, -0.2) is 4.98 Å².